The normalized spacial score (nSPS) is 24.2. The summed E-state index contributed by atoms with van der Waals surface area (Å²) in [7, 11) is 0. The third-order valence-electron chi connectivity index (χ3n) is 9.19. The lowest BCUT2D eigenvalue weighted by molar-refractivity contribution is -0.135. The number of carbonyl (C=O) groups is 2. The molecule has 40 heavy (non-hydrogen) atoms. The standard InChI is InChI=1S/C33H44N4O3/c1-2-19-37(32(39)34-22-26-11-5-3-6-12-26)30-17-20-35(21-18-30)23-29-24-36(31(38)27-13-9-10-14-27)25-33(29,40)28-15-7-4-8-16-28/h2-8,11-12,15-16,27,29-30,40H,1,9-10,13-14,17-25H2,(H,34,39)/t29-,33-/m0/s1. The SMILES string of the molecule is C=CCN(C(=O)NCc1ccccc1)C1CCN(C[C@H]2CN(C(=O)C3CCCC3)C[C@]2(O)c2ccccc2)CC1. The lowest BCUT2D eigenvalue weighted by atomic mass is 9.83. The van der Waals surface area contributed by atoms with E-state index in [1.807, 2.05) is 70.5 Å². The summed E-state index contributed by atoms with van der Waals surface area (Å²) in [4.78, 5) is 32.7. The van der Waals surface area contributed by atoms with Gasteiger partial charge in [0.15, 0.2) is 0 Å². The van der Waals surface area contributed by atoms with Crippen molar-refractivity contribution in [2.24, 2.45) is 11.8 Å². The van der Waals surface area contributed by atoms with Crippen LogP contribution in [-0.2, 0) is 16.9 Å². The molecule has 0 aromatic heterocycles. The fourth-order valence-electron chi connectivity index (χ4n) is 6.90. The number of nitrogens with one attached hydrogen (secondary N) is 1. The monoisotopic (exact) mass is 544 g/mol. The Morgan fingerprint density at radius 2 is 1.65 bits per heavy atom. The van der Waals surface area contributed by atoms with Gasteiger partial charge >= 0.3 is 6.03 Å². The maximum Gasteiger partial charge on any atom is 0.318 e. The highest BCUT2D eigenvalue weighted by Crippen LogP contribution is 2.40. The molecule has 214 valence electrons. The summed E-state index contributed by atoms with van der Waals surface area (Å²) in [5, 5.41) is 15.1. The van der Waals surface area contributed by atoms with Crippen LogP contribution >= 0.6 is 0 Å². The first kappa shape index (κ1) is 28.4. The highest BCUT2D eigenvalue weighted by molar-refractivity contribution is 5.79. The molecule has 0 spiro atoms. The summed E-state index contributed by atoms with van der Waals surface area (Å²) in [6.45, 7) is 8.28. The van der Waals surface area contributed by atoms with Crippen LogP contribution in [0.5, 0.6) is 0 Å². The minimum atomic E-state index is -1.06. The summed E-state index contributed by atoms with van der Waals surface area (Å²) in [6, 6.07) is 19.9. The molecular formula is C33H44N4O3. The van der Waals surface area contributed by atoms with E-state index in [0.717, 1.165) is 69.3 Å². The second-order valence-electron chi connectivity index (χ2n) is 11.8. The predicted molar refractivity (Wildman–Crippen MR) is 157 cm³/mol. The average Bonchev–Trinajstić information content (AvgIpc) is 3.65. The molecule has 0 radical (unpaired) electrons. The Labute approximate surface area is 238 Å². The molecular weight excluding hydrogens is 500 g/mol. The third-order valence-corrected chi connectivity index (χ3v) is 9.19. The zero-order valence-corrected chi connectivity index (χ0v) is 23.6. The molecule has 2 saturated heterocycles. The molecule has 2 aromatic rings. The summed E-state index contributed by atoms with van der Waals surface area (Å²) < 4.78 is 0. The molecule has 7 heteroatoms. The van der Waals surface area contributed by atoms with Gasteiger partial charge in [-0.15, -0.1) is 6.58 Å². The quantitative estimate of drug-likeness (QED) is 0.460. The molecule has 1 saturated carbocycles. The van der Waals surface area contributed by atoms with Gasteiger partial charge in [-0.05, 0) is 36.8 Å². The van der Waals surface area contributed by atoms with Crippen LogP contribution in [0.3, 0.4) is 0 Å². The number of benzene rings is 2. The second-order valence-corrected chi connectivity index (χ2v) is 11.8. The fourth-order valence-corrected chi connectivity index (χ4v) is 6.90. The molecule has 2 aliphatic heterocycles. The van der Waals surface area contributed by atoms with Gasteiger partial charge in [-0.3, -0.25) is 4.79 Å². The zero-order chi connectivity index (χ0) is 28.0. The van der Waals surface area contributed by atoms with Crippen LogP contribution in [0.25, 0.3) is 0 Å². The Hall–Kier alpha value is -3.16. The van der Waals surface area contributed by atoms with Gasteiger partial charge in [0.2, 0.25) is 5.91 Å². The van der Waals surface area contributed by atoms with E-state index >= 15 is 0 Å². The van der Waals surface area contributed by atoms with E-state index in [9.17, 15) is 14.7 Å². The number of hydrogen-bond donors (Lipinski definition) is 2. The molecule has 2 atom stereocenters. The van der Waals surface area contributed by atoms with Crippen molar-refractivity contribution in [1.82, 2.24) is 20.0 Å². The maximum atomic E-state index is 13.3. The Morgan fingerprint density at radius 1 is 1.00 bits per heavy atom. The summed E-state index contributed by atoms with van der Waals surface area (Å²) in [5.41, 5.74) is 0.912. The van der Waals surface area contributed by atoms with Crippen LogP contribution in [0.4, 0.5) is 4.79 Å². The molecule has 3 aliphatic rings. The predicted octanol–water partition coefficient (Wildman–Crippen LogP) is 4.39. The molecule has 2 N–H and O–H groups in total. The van der Waals surface area contributed by atoms with Crippen LogP contribution in [-0.4, -0.2) is 77.1 Å². The number of urea groups is 1. The van der Waals surface area contributed by atoms with E-state index in [-0.39, 0.29) is 29.8 Å². The van der Waals surface area contributed by atoms with Crippen molar-refractivity contribution in [2.45, 2.75) is 56.7 Å². The Balaban J connectivity index is 1.21. The van der Waals surface area contributed by atoms with E-state index in [1.54, 1.807) is 6.08 Å². The van der Waals surface area contributed by atoms with Crippen LogP contribution < -0.4 is 5.32 Å². The van der Waals surface area contributed by atoms with Gasteiger partial charge in [0.25, 0.3) is 0 Å². The first-order valence-corrected chi connectivity index (χ1v) is 15.0. The molecule has 0 unspecified atom stereocenters. The van der Waals surface area contributed by atoms with Gasteiger partial charge in [0.1, 0.15) is 5.60 Å². The number of carbonyl (C=O) groups excluding carboxylic acids is 2. The van der Waals surface area contributed by atoms with Gasteiger partial charge in [-0.25, -0.2) is 4.79 Å². The molecule has 5 rings (SSSR count). The molecule has 7 nitrogen and oxygen atoms in total. The average molecular weight is 545 g/mol. The number of β-amino-alcohol motifs (C(OH)–C–C–N with tert-alkyl or cyclic N) is 1. The number of nitrogens with zero attached hydrogens (tertiary/aromatic N) is 3. The topological polar surface area (TPSA) is 76.1 Å². The summed E-state index contributed by atoms with van der Waals surface area (Å²) in [6.07, 6.45) is 7.72. The molecule has 2 aromatic carbocycles. The van der Waals surface area contributed by atoms with Gasteiger partial charge in [0, 0.05) is 57.1 Å². The van der Waals surface area contributed by atoms with E-state index in [0.29, 0.717) is 26.2 Å². The molecule has 0 bridgehead atoms. The Kier molecular flexibility index (Phi) is 9.22. The van der Waals surface area contributed by atoms with E-state index in [4.69, 9.17) is 0 Å². The number of piperidine rings is 1. The number of aliphatic hydroxyl groups is 1. The van der Waals surface area contributed by atoms with Gasteiger partial charge in [-0.2, -0.15) is 0 Å². The number of rotatable bonds is 9. The van der Waals surface area contributed by atoms with Crippen molar-refractivity contribution < 1.29 is 14.7 Å². The van der Waals surface area contributed by atoms with E-state index in [2.05, 4.69) is 16.8 Å². The van der Waals surface area contributed by atoms with Gasteiger partial charge in [0.05, 0.1) is 6.54 Å². The van der Waals surface area contributed by atoms with Crippen LogP contribution in [0.1, 0.15) is 49.7 Å². The maximum absolute atomic E-state index is 13.3. The number of hydrogen-bond acceptors (Lipinski definition) is 4. The Morgan fingerprint density at radius 3 is 2.30 bits per heavy atom. The first-order chi connectivity index (χ1) is 19.5. The van der Waals surface area contributed by atoms with Crippen molar-refractivity contribution in [3.05, 3.63) is 84.4 Å². The minimum Gasteiger partial charge on any atom is -0.383 e. The zero-order valence-electron chi connectivity index (χ0n) is 23.6. The van der Waals surface area contributed by atoms with E-state index in [1.165, 1.54) is 0 Å². The number of likely N-dealkylation sites (tertiary alicyclic amines) is 2. The van der Waals surface area contributed by atoms with E-state index < -0.39 is 5.60 Å². The van der Waals surface area contributed by atoms with Gasteiger partial charge in [-0.1, -0.05) is 79.6 Å². The first-order valence-electron chi connectivity index (χ1n) is 15.0. The van der Waals surface area contributed by atoms with Crippen molar-refractivity contribution >= 4 is 11.9 Å². The number of amides is 3. The largest absolute Gasteiger partial charge is 0.383 e. The Bertz CT molecular complexity index is 1130. The molecule has 3 fully saturated rings. The molecule has 3 amide bonds. The third kappa shape index (κ3) is 6.42. The smallest absolute Gasteiger partial charge is 0.318 e. The highest BCUT2D eigenvalue weighted by atomic mass is 16.3. The lowest BCUT2D eigenvalue weighted by Gasteiger charge is -2.40. The van der Waals surface area contributed by atoms with Crippen molar-refractivity contribution in [3.63, 3.8) is 0 Å². The van der Waals surface area contributed by atoms with Crippen LogP contribution in [0.15, 0.2) is 73.3 Å². The highest BCUT2D eigenvalue weighted by Gasteiger charge is 2.49. The van der Waals surface area contributed by atoms with Crippen molar-refractivity contribution in [3.8, 4) is 0 Å². The summed E-state index contributed by atoms with van der Waals surface area (Å²) >= 11 is 0. The van der Waals surface area contributed by atoms with Crippen LogP contribution in [0.2, 0.25) is 0 Å². The second kappa shape index (κ2) is 13.0. The molecule has 1 aliphatic carbocycles. The fraction of sp³-hybridized carbons (Fsp3) is 0.515. The summed E-state index contributed by atoms with van der Waals surface area (Å²) in [5.74, 6) is 0.267. The lowest BCUT2D eigenvalue weighted by Crippen LogP contribution is -2.52. The van der Waals surface area contributed by atoms with Crippen molar-refractivity contribution in [2.75, 3.05) is 39.3 Å². The van der Waals surface area contributed by atoms with Crippen molar-refractivity contribution in [1.29, 1.82) is 0 Å². The van der Waals surface area contributed by atoms with Gasteiger partial charge < -0.3 is 25.1 Å². The molecule has 2 heterocycles. The van der Waals surface area contributed by atoms with Crippen LogP contribution in [0, 0.1) is 11.8 Å². The minimum absolute atomic E-state index is 0.0579.